The Kier molecular flexibility index (Phi) is 3.90. The molecule has 2 amide bonds. The second kappa shape index (κ2) is 4.69. The Hall–Kier alpha value is -1.26. The summed E-state index contributed by atoms with van der Waals surface area (Å²) >= 11 is 0. The minimum atomic E-state index is -0.566. The molecule has 0 unspecified atom stereocenters. The summed E-state index contributed by atoms with van der Waals surface area (Å²) in [5.41, 5.74) is -0.796. The van der Waals surface area contributed by atoms with Gasteiger partial charge in [-0.1, -0.05) is 20.8 Å². The van der Waals surface area contributed by atoms with Gasteiger partial charge in [-0.15, -0.1) is 0 Å². The van der Waals surface area contributed by atoms with Crippen molar-refractivity contribution in [1.29, 1.82) is 0 Å². The van der Waals surface area contributed by atoms with Gasteiger partial charge in [0.25, 0.3) is 0 Å². The molecule has 0 saturated carbocycles. The molecule has 19 heavy (non-hydrogen) atoms. The molecule has 2 atom stereocenters. The first kappa shape index (κ1) is 15.8. The number of carbonyl (C=O) groups is 2. The molecule has 0 aromatic carbocycles. The molecular weight excluding hydrogens is 243 g/mol. The molecule has 1 rings (SSSR count). The Balaban J connectivity index is 3.08. The topological polar surface area (TPSA) is 49.9 Å². The third-order valence-electron chi connectivity index (χ3n) is 3.13. The van der Waals surface area contributed by atoms with E-state index >= 15 is 0 Å². The Morgan fingerprint density at radius 1 is 1.16 bits per heavy atom. The largest absolute Gasteiger partial charge is 0.444 e. The molecule has 0 aliphatic carbocycles. The van der Waals surface area contributed by atoms with Gasteiger partial charge in [-0.25, -0.2) is 4.79 Å². The fourth-order valence-electron chi connectivity index (χ4n) is 2.50. The highest BCUT2D eigenvalue weighted by atomic mass is 16.6. The van der Waals surface area contributed by atoms with Crippen LogP contribution in [0, 0.1) is 5.41 Å². The zero-order valence-corrected chi connectivity index (χ0v) is 13.3. The van der Waals surface area contributed by atoms with E-state index in [1.165, 1.54) is 0 Å². The van der Waals surface area contributed by atoms with Crippen molar-refractivity contribution in [3.8, 4) is 0 Å². The lowest BCUT2D eigenvalue weighted by Gasteiger charge is -2.39. The maximum absolute atomic E-state index is 12.3. The molecule has 5 heteroatoms. The van der Waals surface area contributed by atoms with E-state index in [9.17, 15) is 9.59 Å². The predicted molar refractivity (Wildman–Crippen MR) is 73.5 cm³/mol. The Morgan fingerprint density at radius 2 is 1.63 bits per heavy atom. The van der Waals surface area contributed by atoms with Gasteiger partial charge in [-0.05, 0) is 27.7 Å². The van der Waals surface area contributed by atoms with Crippen LogP contribution in [0.25, 0.3) is 0 Å². The van der Waals surface area contributed by atoms with E-state index in [-0.39, 0.29) is 17.5 Å². The molecule has 0 aromatic heterocycles. The van der Waals surface area contributed by atoms with E-state index in [1.807, 2.05) is 41.5 Å². The lowest BCUT2D eigenvalue weighted by atomic mass is 9.91. The van der Waals surface area contributed by atoms with Crippen molar-refractivity contribution in [2.45, 2.75) is 66.3 Å². The normalized spacial score (nSPS) is 24.9. The Morgan fingerprint density at radius 3 is 2.00 bits per heavy atom. The number of hydrogen-bond donors (Lipinski definition) is 0. The van der Waals surface area contributed by atoms with Crippen LogP contribution in [0.4, 0.5) is 4.79 Å². The standard InChI is InChI=1S/C14H26N2O3/c1-9-10(17)15(8)11(13(2,3)4)16(9)12(18)19-14(5,6)7/h9,11H,1-8H3/t9-,11-/m1/s1/i1-1. The van der Waals surface area contributed by atoms with Crippen LogP contribution in [0.5, 0.6) is 0 Å². The van der Waals surface area contributed by atoms with Crippen LogP contribution in [0.3, 0.4) is 0 Å². The fourth-order valence-corrected chi connectivity index (χ4v) is 2.50. The van der Waals surface area contributed by atoms with E-state index in [0.29, 0.717) is 0 Å². The first-order chi connectivity index (χ1) is 8.36. The van der Waals surface area contributed by atoms with E-state index in [4.69, 9.17) is 4.74 Å². The second-order valence-corrected chi connectivity index (χ2v) is 7.25. The monoisotopic (exact) mass is 269 g/mol. The van der Waals surface area contributed by atoms with Crippen LogP contribution in [0.15, 0.2) is 0 Å². The second-order valence-electron chi connectivity index (χ2n) is 7.25. The molecule has 1 heterocycles. The molecule has 0 radical (unpaired) electrons. The van der Waals surface area contributed by atoms with Gasteiger partial charge in [-0.3, -0.25) is 9.69 Å². The van der Waals surface area contributed by atoms with Gasteiger partial charge in [0.2, 0.25) is 5.91 Å². The average molecular weight is 269 g/mol. The number of ether oxygens (including phenoxy) is 1. The van der Waals surface area contributed by atoms with Crippen molar-refractivity contribution in [3.05, 3.63) is 0 Å². The quantitative estimate of drug-likeness (QED) is 0.678. The number of carbonyl (C=O) groups excluding carboxylic acids is 2. The molecule has 1 saturated heterocycles. The van der Waals surface area contributed by atoms with Crippen LogP contribution in [-0.4, -0.2) is 46.7 Å². The van der Waals surface area contributed by atoms with Crippen molar-refractivity contribution < 1.29 is 14.3 Å². The number of hydrogen-bond acceptors (Lipinski definition) is 3. The van der Waals surface area contributed by atoms with E-state index in [2.05, 4.69) is 0 Å². The summed E-state index contributed by atoms with van der Waals surface area (Å²) in [5, 5.41) is 0. The van der Waals surface area contributed by atoms with Gasteiger partial charge >= 0.3 is 6.09 Å². The van der Waals surface area contributed by atoms with Crippen LogP contribution in [-0.2, 0) is 9.53 Å². The van der Waals surface area contributed by atoms with Gasteiger partial charge < -0.3 is 9.64 Å². The van der Waals surface area contributed by atoms with Crippen molar-refractivity contribution in [1.82, 2.24) is 9.80 Å². The lowest BCUT2D eigenvalue weighted by molar-refractivity contribution is -0.129. The van der Waals surface area contributed by atoms with Crippen molar-refractivity contribution >= 4 is 12.0 Å². The Bertz CT molecular complexity index is 379. The van der Waals surface area contributed by atoms with Crippen molar-refractivity contribution in [2.24, 2.45) is 5.41 Å². The lowest BCUT2D eigenvalue weighted by Crippen LogP contribution is -2.51. The molecule has 5 nitrogen and oxygen atoms in total. The van der Waals surface area contributed by atoms with Gasteiger partial charge in [0.15, 0.2) is 0 Å². The van der Waals surface area contributed by atoms with E-state index < -0.39 is 17.7 Å². The van der Waals surface area contributed by atoms with Crippen LogP contribution < -0.4 is 0 Å². The molecule has 1 aliphatic rings. The van der Waals surface area contributed by atoms with Gasteiger partial charge in [0.05, 0.1) is 0 Å². The highest BCUT2D eigenvalue weighted by Gasteiger charge is 2.50. The molecule has 0 bridgehead atoms. The van der Waals surface area contributed by atoms with Crippen molar-refractivity contribution in [2.75, 3.05) is 7.05 Å². The van der Waals surface area contributed by atoms with Gasteiger partial charge in [0, 0.05) is 12.5 Å². The third kappa shape index (κ3) is 3.19. The van der Waals surface area contributed by atoms with Crippen LogP contribution >= 0.6 is 0 Å². The predicted octanol–water partition coefficient (Wildman–Crippen LogP) is 2.46. The smallest absolute Gasteiger partial charge is 0.412 e. The maximum Gasteiger partial charge on any atom is 0.412 e. The van der Waals surface area contributed by atoms with Gasteiger partial charge in [0.1, 0.15) is 17.8 Å². The van der Waals surface area contributed by atoms with E-state index in [1.54, 1.807) is 23.8 Å². The molecule has 0 spiro atoms. The molecule has 1 fully saturated rings. The van der Waals surface area contributed by atoms with Crippen LogP contribution in [0.1, 0.15) is 48.5 Å². The summed E-state index contributed by atoms with van der Waals surface area (Å²) in [5.74, 6) is -0.0502. The number of rotatable bonds is 0. The number of amides is 2. The Labute approximate surface area is 115 Å². The SMILES string of the molecule is CN1C(=O)[C@@H]([11CH3])N(C(=O)OC(C)(C)C)[C@@H]1C(C)(C)C. The average Bonchev–Trinajstić information content (AvgIpc) is 2.39. The van der Waals surface area contributed by atoms with Crippen molar-refractivity contribution in [3.63, 3.8) is 0 Å². The zero-order chi connectivity index (χ0) is 15.2. The molecule has 0 aromatic rings. The summed E-state index contributed by atoms with van der Waals surface area (Å²) < 4.78 is 5.42. The molecular formula is C14H26N2O3. The number of likely N-dealkylation sites (N-methyl/N-ethyl adjacent to an activating group) is 1. The summed E-state index contributed by atoms with van der Waals surface area (Å²) in [7, 11) is 1.74. The minimum absolute atomic E-state index is 0.0502. The van der Waals surface area contributed by atoms with E-state index in [0.717, 1.165) is 0 Å². The first-order valence-corrected chi connectivity index (χ1v) is 6.64. The first-order valence-electron chi connectivity index (χ1n) is 6.64. The fraction of sp³-hybridized carbons (Fsp3) is 0.857. The molecule has 1 aliphatic heterocycles. The van der Waals surface area contributed by atoms with Crippen LogP contribution in [0.2, 0.25) is 0 Å². The summed E-state index contributed by atoms with van der Waals surface area (Å²) in [6.45, 7) is 13.2. The number of nitrogens with zero attached hydrogens (tertiary/aromatic N) is 2. The van der Waals surface area contributed by atoms with Gasteiger partial charge in [-0.2, -0.15) is 0 Å². The molecule has 0 N–H and O–H groups in total. The summed E-state index contributed by atoms with van der Waals surface area (Å²) in [6, 6.07) is -0.482. The zero-order valence-electron chi connectivity index (χ0n) is 13.3. The summed E-state index contributed by atoms with van der Waals surface area (Å²) in [6.07, 6.45) is -0.720. The maximum atomic E-state index is 12.3. The third-order valence-corrected chi connectivity index (χ3v) is 3.13. The summed E-state index contributed by atoms with van der Waals surface area (Å²) in [4.78, 5) is 27.6. The molecule has 110 valence electrons. The highest BCUT2D eigenvalue weighted by Crippen LogP contribution is 2.34. The highest BCUT2D eigenvalue weighted by molar-refractivity contribution is 5.89. The minimum Gasteiger partial charge on any atom is -0.444 e.